The minimum absolute atomic E-state index is 0.0195. The predicted molar refractivity (Wildman–Crippen MR) is 69.8 cm³/mol. The first-order valence-corrected chi connectivity index (χ1v) is 5.88. The number of hydrogen-bond donors (Lipinski definition) is 1. The van der Waals surface area contributed by atoms with E-state index in [1.165, 1.54) is 16.8 Å². The van der Waals surface area contributed by atoms with Gasteiger partial charge in [-0.1, -0.05) is 11.6 Å². The van der Waals surface area contributed by atoms with Crippen LogP contribution in [0, 0.1) is 12.7 Å². The highest BCUT2D eigenvalue weighted by atomic mass is 35.5. The summed E-state index contributed by atoms with van der Waals surface area (Å²) in [7, 11) is 0. The third kappa shape index (κ3) is 1.80. The SMILES string of the molecule is CCn1c(C)c(N)c(=O)n1-c1ccc(Cl)c(F)c1. The fourth-order valence-corrected chi connectivity index (χ4v) is 2.04. The van der Waals surface area contributed by atoms with E-state index < -0.39 is 5.82 Å². The van der Waals surface area contributed by atoms with Crippen molar-refractivity contribution >= 4 is 17.3 Å². The number of nitrogen functional groups attached to an aromatic ring is 1. The highest BCUT2D eigenvalue weighted by Gasteiger charge is 2.15. The lowest BCUT2D eigenvalue weighted by molar-refractivity contribution is 0.555. The second-order valence-electron chi connectivity index (χ2n) is 3.93. The molecule has 0 aliphatic rings. The van der Waals surface area contributed by atoms with Gasteiger partial charge < -0.3 is 5.73 Å². The highest BCUT2D eigenvalue weighted by molar-refractivity contribution is 6.30. The second kappa shape index (κ2) is 4.49. The monoisotopic (exact) mass is 269 g/mol. The van der Waals surface area contributed by atoms with E-state index in [0.29, 0.717) is 17.9 Å². The third-order valence-corrected chi connectivity index (χ3v) is 3.19. The number of halogens is 2. The normalized spacial score (nSPS) is 10.9. The maximum Gasteiger partial charge on any atom is 0.294 e. The van der Waals surface area contributed by atoms with E-state index in [-0.39, 0.29) is 16.3 Å². The Morgan fingerprint density at radius 2 is 2.11 bits per heavy atom. The smallest absolute Gasteiger partial charge is 0.294 e. The molecule has 1 aromatic carbocycles. The van der Waals surface area contributed by atoms with Gasteiger partial charge in [0, 0.05) is 12.6 Å². The lowest BCUT2D eigenvalue weighted by Gasteiger charge is -2.11. The Morgan fingerprint density at radius 1 is 1.44 bits per heavy atom. The van der Waals surface area contributed by atoms with Crippen molar-refractivity contribution in [2.24, 2.45) is 0 Å². The zero-order valence-electron chi connectivity index (χ0n) is 10.1. The van der Waals surface area contributed by atoms with Gasteiger partial charge in [-0.3, -0.25) is 9.48 Å². The molecule has 2 aromatic rings. The molecule has 1 aromatic heterocycles. The molecule has 0 aliphatic carbocycles. The summed E-state index contributed by atoms with van der Waals surface area (Å²) in [4.78, 5) is 12.0. The maximum atomic E-state index is 13.5. The average molecular weight is 270 g/mol. The molecule has 4 nitrogen and oxygen atoms in total. The van der Waals surface area contributed by atoms with Gasteiger partial charge in [0.25, 0.3) is 5.56 Å². The number of rotatable bonds is 2. The van der Waals surface area contributed by atoms with Crippen molar-refractivity contribution in [1.29, 1.82) is 0 Å². The molecule has 2 rings (SSSR count). The standard InChI is InChI=1S/C12H13ClFN3O/c1-3-16-7(2)11(15)12(18)17(16)8-4-5-9(13)10(14)6-8/h4-6H,3,15H2,1-2H3. The summed E-state index contributed by atoms with van der Waals surface area (Å²) in [6.07, 6.45) is 0. The van der Waals surface area contributed by atoms with Gasteiger partial charge in [-0.2, -0.15) is 0 Å². The van der Waals surface area contributed by atoms with Gasteiger partial charge in [-0.25, -0.2) is 9.07 Å². The first kappa shape index (κ1) is 12.7. The quantitative estimate of drug-likeness (QED) is 0.910. The molecule has 96 valence electrons. The summed E-state index contributed by atoms with van der Waals surface area (Å²) in [6.45, 7) is 4.19. The Bertz CT molecular complexity index is 660. The van der Waals surface area contributed by atoms with Crippen LogP contribution in [0.1, 0.15) is 12.6 Å². The molecule has 0 bridgehead atoms. The molecule has 0 fully saturated rings. The number of hydrogen-bond acceptors (Lipinski definition) is 2. The third-order valence-electron chi connectivity index (χ3n) is 2.89. The van der Waals surface area contributed by atoms with Crippen molar-refractivity contribution in [2.75, 3.05) is 5.73 Å². The van der Waals surface area contributed by atoms with E-state index in [0.717, 1.165) is 0 Å². The largest absolute Gasteiger partial charge is 0.393 e. The van der Waals surface area contributed by atoms with Crippen LogP contribution in [0.3, 0.4) is 0 Å². The van der Waals surface area contributed by atoms with E-state index >= 15 is 0 Å². The molecular formula is C12H13ClFN3O. The zero-order valence-corrected chi connectivity index (χ0v) is 10.8. The Kier molecular flexibility index (Phi) is 3.17. The van der Waals surface area contributed by atoms with Crippen LogP contribution in [0.2, 0.25) is 5.02 Å². The summed E-state index contributed by atoms with van der Waals surface area (Å²) in [6, 6.07) is 4.21. The van der Waals surface area contributed by atoms with Crippen LogP contribution < -0.4 is 11.3 Å². The maximum absolute atomic E-state index is 13.5. The lowest BCUT2D eigenvalue weighted by Crippen LogP contribution is -2.22. The minimum Gasteiger partial charge on any atom is -0.393 e. The molecule has 0 radical (unpaired) electrons. The average Bonchev–Trinajstić information content (AvgIpc) is 2.57. The Morgan fingerprint density at radius 3 is 2.67 bits per heavy atom. The van der Waals surface area contributed by atoms with Crippen molar-refractivity contribution in [3.05, 3.63) is 45.1 Å². The predicted octanol–water partition coefficient (Wildman–Crippen LogP) is 2.34. The lowest BCUT2D eigenvalue weighted by atomic mass is 10.3. The molecule has 0 saturated carbocycles. The van der Waals surface area contributed by atoms with E-state index in [1.807, 2.05) is 6.92 Å². The molecule has 18 heavy (non-hydrogen) atoms. The number of nitrogens with zero attached hydrogens (tertiary/aromatic N) is 2. The minimum atomic E-state index is -0.568. The molecule has 0 saturated heterocycles. The zero-order chi connectivity index (χ0) is 13.4. The van der Waals surface area contributed by atoms with E-state index in [2.05, 4.69) is 0 Å². The fourth-order valence-electron chi connectivity index (χ4n) is 1.92. The van der Waals surface area contributed by atoms with Crippen molar-refractivity contribution in [3.8, 4) is 5.69 Å². The first-order valence-electron chi connectivity index (χ1n) is 5.50. The van der Waals surface area contributed by atoms with E-state index in [1.54, 1.807) is 17.7 Å². The van der Waals surface area contributed by atoms with Gasteiger partial charge in [0.1, 0.15) is 11.5 Å². The van der Waals surface area contributed by atoms with Gasteiger partial charge >= 0.3 is 0 Å². The van der Waals surface area contributed by atoms with Gasteiger partial charge in [0.05, 0.1) is 16.4 Å². The summed E-state index contributed by atoms with van der Waals surface area (Å²) in [5.41, 5.74) is 6.60. The van der Waals surface area contributed by atoms with Crippen molar-refractivity contribution < 1.29 is 4.39 Å². The summed E-state index contributed by atoms with van der Waals surface area (Å²) in [5.74, 6) is -0.568. The van der Waals surface area contributed by atoms with E-state index in [9.17, 15) is 9.18 Å². The first-order chi connectivity index (χ1) is 8.47. The summed E-state index contributed by atoms with van der Waals surface area (Å²) >= 11 is 5.62. The van der Waals surface area contributed by atoms with Gasteiger partial charge in [-0.15, -0.1) is 0 Å². The molecule has 0 unspecified atom stereocenters. The van der Waals surface area contributed by atoms with Gasteiger partial charge in [0.2, 0.25) is 0 Å². The van der Waals surface area contributed by atoms with Crippen LogP contribution >= 0.6 is 11.6 Å². The summed E-state index contributed by atoms with van der Waals surface area (Å²) in [5, 5.41) is 0.0195. The topological polar surface area (TPSA) is 52.9 Å². The van der Waals surface area contributed by atoms with Crippen LogP contribution in [-0.4, -0.2) is 9.36 Å². The number of benzene rings is 1. The molecule has 0 spiro atoms. The van der Waals surface area contributed by atoms with Gasteiger partial charge in [0.15, 0.2) is 0 Å². The number of nitrogens with two attached hydrogens (primary N) is 1. The van der Waals surface area contributed by atoms with Crippen molar-refractivity contribution in [3.63, 3.8) is 0 Å². The van der Waals surface area contributed by atoms with Crippen LogP contribution in [0.15, 0.2) is 23.0 Å². The van der Waals surface area contributed by atoms with E-state index in [4.69, 9.17) is 17.3 Å². The van der Waals surface area contributed by atoms with Crippen LogP contribution in [-0.2, 0) is 6.54 Å². The van der Waals surface area contributed by atoms with Crippen molar-refractivity contribution in [1.82, 2.24) is 9.36 Å². The van der Waals surface area contributed by atoms with Crippen molar-refractivity contribution in [2.45, 2.75) is 20.4 Å². The highest BCUT2D eigenvalue weighted by Crippen LogP contribution is 2.19. The number of anilines is 1. The molecule has 6 heteroatoms. The molecule has 0 aliphatic heterocycles. The summed E-state index contributed by atoms with van der Waals surface area (Å²) < 4.78 is 16.5. The molecule has 2 N–H and O–H groups in total. The van der Waals surface area contributed by atoms with Crippen LogP contribution in [0.5, 0.6) is 0 Å². The second-order valence-corrected chi connectivity index (χ2v) is 4.34. The van der Waals surface area contributed by atoms with Gasteiger partial charge in [-0.05, 0) is 26.0 Å². The molecule has 1 heterocycles. The molecule has 0 atom stereocenters. The molecule has 0 amide bonds. The fraction of sp³-hybridized carbons (Fsp3) is 0.250. The Hall–Kier alpha value is -1.75. The molecular weight excluding hydrogens is 257 g/mol. The Labute approximate surface area is 108 Å². The van der Waals surface area contributed by atoms with Crippen LogP contribution in [0.25, 0.3) is 5.69 Å². The number of aromatic nitrogens is 2. The Balaban J connectivity index is 2.74. The van der Waals surface area contributed by atoms with Crippen LogP contribution in [0.4, 0.5) is 10.1 Å².